The SMILES string of the molecule is CC(OC(=O)c1cc2c(s1)CCCC2)C(=O)N(C)C. The zero-order chi connectivity index (χ0) is 14.0. The van der Waals surface area contributed by atoms with Gasteiger partial charge in [-0.1, -0.05) is 0 Å². The molecular formula is C14H19NO3S. The summed E-state index contributed by atoms with van der Waals surface area (Å²) in [6.07, 6.45) is 3.75. The van der Waals surface area contributed by atoms with Crippen molar-refractivity contribution in [1.29, 1.82) is 0 Å². The molecule has 1 unspecified atom stereocenters. The highest BCUT2D eigenvalue weighted by Gasteiger charge is 2.23. The van der Waals surface area contributed by atoms with Gasteiger partial charge in [-0.15, -0.1) is 11.3 Å². The van der Waals surface area contributed by atoms with Gasteiger partial charge >= 0.3 is 5.97 Å². The third-order valence-corrected chi connectivity index (χ3v) is 4.49. The first kappa shape index (κ1) is 14.1. The Morgan fingerprint density at radius 1 is 1.32 bits per heavy atom. The number of hydrogen-bond donors (Lipinski definition) is 0. The van der Waals surface area contributed by atoms with Crippen molar-refractivity contribution in [2.75, 3.05) is 14.1 Å². The van der Waals surface area contributed by atoms with Gasteiger partial charge < -0.3 is 9.64 Å². The van der Waals surface area contributed by atoms with E-state index in [-0.39, 0.29) is 11.9 Å². The average Bonchev–Trinajstić information content (AvgIpc) is 2.81. The standard InChI is InChI=1S/C14H19NO3S/c1-9(13(16)15(2)3)18-14(17)12-8-10-6-4-5-7-11(10)19-12/h8-9H,4-7H2,1-3H3. The van der Waals surface area contributed by atoms with Gasteiger partial charge in [-0.25, -0.2) is 4.79 Å². The minimum Gasteiger partial charge on any atom is -0.448 e. The summed E-state index contributed by atoms with van der Waals surface area (Å²) in [4.78, 5) is 27.0. The Labute approximate surface area is 117 Å². The molecular weight excluding hydrogens is 262 g/mol. The number of rotatable bonds is 3. The van der Waals surface area contributed by atoms with Crippen LogP contribution in [0.15, 0.2) is 6.07 Å². The molecule has 5 heteroatoms. The Morgan fingerprint density at radius 3 is 2.63 bits per heavy atom. The fraction of sp³-hybridized carbons (Fsp3) is 0.571. The molecule has 1 aliphatic carbocycles. The van der Waals surface area contributed by atoms with Crippen molar-refractivity contribution in [1.82, 2.24) is 4.90 Å². The first-order chi connectivity index (χ1) is 8.99. The maximum atomic E-state index is 12.0. The highest BCUT2D eigenvalue weighted by atomic mass is 32.1. The van der Waals surface area contributed by atoms with Gasteiger partial charge in [-0.3, -0.25) is 4.79 Å². The molecule has 4 nitrogen and oxygen atoms in total. The largest absolute Gasteiger partial charge is 0.448 e. The molecule has 0 saturated heterocycles. The molecule has 1 aromatic heterocycles. The van der Waals surface area contributed by atoms with Gasteiger partial charge in [0.1, 0.15) is 4.88 Å². The number of likely N-dealkylation sites (N-methyl/N-ethyl adjacent to an activating group) is 1. The minimum absolute atomic E-state index is 0.199. The second-order valence-corrected chi connectivity index (χ2v) is 6.18. The minimum atomic E-state index is -0.735. The summed E-state index contributed by atoms with van der Waals surface area (Å²) in [5, 5.41) is 0. The predicted octanol–water partition coefficient (Wildman–Crippen LogP) is 2.26. The highest BCUT2D eigenvalue weighted by molar-refractivity contribution is 7.14. The molecule has 1 atom stereocenters. The van der Waals surface area contributed by atoms with E-state index in [0.717, 1.165) is 12.8 Å². The summed E-state index contributed by atoms with van der Waals surface area (Å²) in [6.45, 7) is 1.60. The molecule has 0 saturated carbocycles. The van der Waals surface area contributed by atoms with Gasteiger partial charge in [0.15, 0.2) is 6.10 Å². The van der Waals surface area contributed by atoms with Crippen LogP contribution >= 0.6 is 11.3 Å². The van der Waals surface area contributed by atoms with E-state index in [4.69, 9.17) is 4.74 Å². The van der Waals surface area contributed by atoms with Crippen LogP contribution in [0.5, 0.6) is 0 Å². The lowest BCUT2D eigenvalue weighted by molar-refractivity contribution is -0.137. The van der Waals surface area contributed by atoms with Crippen LogP contribution in [-0.4, -0.2) is 37.0 Å². The van der Waals surface area contributed by atoms with Crippen molar-refractivity contribution in [2.24, 2.45) is 0 Å². The maximum absolute atomic E-state index is 12.0. The Bertz CT molecular complexity index is 469. The van der Waals surface area contributed by atoms with E-state index in [2.05, 4.69) is 0 Å². The molecule has 0 aromatic carbocycles. The molecule has 1 aromatic rings. The van der Waals surface area contributed by atoms with E-state index < -0.39 is 6.10 Å². The van der Waals surface area contributed by atoms with Crippen molar-refractivity contribution < 1.29 is 14.3 Å². The van der Waals surface area contributed by atoms with Gasteiger partial charge in [0.2, 0.25) is 0 Å². The Balaban J connectivity index is 2.04. The molecule has 0 spiro atoms. The summed E-state index contributed by atoms with van der Waals surface area (Å²) in [5.41, 5.74) is 1.27. The molecule has 0 radical (unpaired) electrons. The zero-order valence-electron chi connectivity index (χ0n) is 11.6. The Hall–Kier alpha value is -1.36. The Morgan fingerprint density at radius 2 is 2.00 bits per heavy atom. The van der Waals surface area contributed by atoms with E-state index in [1.807, 2.05) is 6.07 Å². The van der Waals surface area contributed by atoms with Crippen LogP contribution in [0.25, 0.3) is 0 Å². The number of carbonyl (C=O) groups is 2. The van der Waals surface area contributed by atoms with Crippen molar-refractivity contribution in [3.05, 3.63) is 21.4 Å². The van der Waals surface area contributed by atoms with Gasteiger partial charge in [0, 0.05) is 19.0 Å². The second-order valence-electron chi connectivity index (χ2n) is 5.05. The number of esters is 1. The van der Waals surface area contributed by atoms with E-state index in [1.165, 1.54) is 39.5 Å². The Kier molecular flexibility index (Phi) is 4.24. The van der Waals surface area contributed by atoms with E-state index in [0.29, 0.717) is 4.88 Å². The van der Waals surface area contributed by atoms with Crippen LogP contribution in [0.1, 0.15) is 39.9 Å². The monoisotopic (exact) mass is 281 g/mol. The van der Waals surface area contributed by atoms with Gasteiger partial charge in [0.25, 0.3) is 5.91 Å². The van der Waals surface area contributed by atoms with Crippen LogP contribution in [0, 0.1) is 0 Å². The average molecular weight is 281 g/mol. The molecule has 0 N–H and O–H groups in total. The normalized spacial score (nSPS) is 15.5. The molecule has 1 amide bonds. The summed E-state index contributed by atoms with van der Waals surface area (Å²) in [6, 6.07) is 1.92. The van der Waals surface area contributed by atoms with Crippen LogP contribution in [0.4, 0.5) is 0 Å². The molecule has 1 heterocycles. The number of carbonyl (C=O) groups excluding carboxylic acids is 2. The third kappa shape index (κ3) is 3.15. The fourth-order valence-corrected chi connectivity index (χ4v) is 3.36. The van der Waals surface area contributed by atoms with Crippen LogP contribution in [0.2, 0.25) is 0 Å². The van der Waals surface area contributed by atoms with Gasteiger partial charge in [-0.2, -0.15) is 0 Å². The number of aryl methyl sites for hydroxylation is 2. The highest BCUT2D eigenvalue weighted by Crippen LogP contribution is 2.30. The van der Waals surface area contributed by atoms with Crippen molar-refractivity contribution in [3.8, 4) is 0 Å². The molecule has 0 bridgehead atoms. The van der Waals surface area contributed by atoms with Gasteiger partial charge in [-0.05, 0) is 44.2 Å². The van der Waals surface area contributed by atoms with Crippen molar-refractivity contribution >= 4 is 23.2 Å². The lowest BCUT2D eigenvalue weighted by atomic mass is 9.99. The predicted molar refractivity (Wildman–Crippen MR) is 74.5 cm³/mol. The van der Waals surface area contributed by atoms with E-state index in [9.17, 15) is 9.59 Å². The number of ether oxygens (including phenoxy) is 1. The topological polar surface area (TPSA) is 46.6 Å². The lowest BCUT2D eigenvalue weighted by Gasteiger charge is -2.16. The number of nitrogens with zero attached hydrogens (tertiary/aromatic N) is 1. The van der Waals surface area contributed by atoms with Crippen LogP contribution in [0.3, 0.4) is 0 Å². The first-order valence-electron chi connectivity index (χ1n) is 6.52. The molecule has 104 valence electrons. The van der Waals surface area contributed by atoms with Crippen LogP contribution < -0.4 is 0 Å². The smallest absolute Gasteiger partial charge is 0.349 e. The zero-order valence-corrected chi connectivity index (χ0v) is 12.4. The number of amides is 1. The third-order valence-electron chi connectivity index (χ3n) is 3.27. The second kappa shape index (κ2) is 5.74. The molecule has 19 heavy (non-hydrogen) atoms. The summed E-state index contributed by atoms with van der Waals surface area (Å²) < 4.78 is 5.22. The summed E-state index contributed by atoms with van der Waals surface area (Å²) in [5.74, 6) is -0.586. The number of hydrogen-bond acceptors (Lipinski definition) is 4. The number of thiophene rings is 1. The molecule has 1 aliphatic rings. The molecule has 2 rings (SSSR count). The lowest BCUT2D eigenvalue weighted by Crippen LogP contribution is -2.34. The summed E-state index contributed by atoms with van der Waals surface area (Å²) in [7, 11) is 3.30. The number of fused-ring (bicyclic) bond motifs is 1. The van der Waals surface area contributed by atoms with Crippen molar-refractivity contribution in [2.45, 2.75) is 38.7 Å². The van der Waals surface area contributed by atoms with E-state index in [1.54, 1.807) is 21.0 Å². The van der Waals surface area contributed by atoms with E-state index >= 15 is 0 Å². The quantitative estimate of drug-likeness (QED) is 0.798. The molecule has 0 fully saturated rings. The van der Waals surface area contributed by atoms with Crippen LogP contribution in [-0.2, 0) is 22.4 Å². The molecule has 0 aliphatic heterocycles. The first-order valence-corrected chi connectivity index (χ1v) is 7.34. The van der Waals surface area contributed by atoms with Crippen molar-refractivity contribution in [3.63, 3.8) is 0 Å². The maximum Gasteiger partial charge on any atom is 0.349 e. The fourth-order valence-electron chi connectivity index (χ4n) is 2.22. The van der Waals surface area contributed by atoms with Gasteiger partial charge in [0.05, 0.1) is 0 Å². The summed E-state index contributed by atoms with van der Waals surface area (Å²) >= 11 is 1.51.